The molecule has 1 aliphatic carbocycles. The van der Waals surface area contributed by atoms with Crippen molar-refractivity contribution in [3.8, 4) is 17.0 Å². The molecular weight excluding hydrogens is 432 g/mol. The van der Waals surface area contributed by atoms with Crippen molar-refractivity contribution >= 4 is 22.6 Å². The van der Waals surface area contributed by atoms with Gasteiger partial charge in [0.1, 0.15) is 5.75 Å². The number of hydrogen-bond acceptors (Lipinski definition) is 5. The number of carbonyl (C=O) groups is 1. The Labute approximate surface area is 198 Å². The fourth-order valence-corrected chi connectivity index (χ4v) is 6.09. The van der Waals surface area contributed by atoms with Gasteiger partial charge in [-0.05, 0) is 44.8 Å². The molecule has 5 rings (SSSR count). The first-order valence-corrected chi connectivity index (χ1v) is 12.2. The van der Waals surface area contributed by atoms with Gasteiger partial charge in [0.05, 0.1) is 16.9 Å². The first-order valence-electron chi connectivity index (χ1n) is 12.2. The minimum absolute atomic E-state index is 0.408. The van der Waals surface area contributed by atoms with Crippen LogP contribution in [0.5, 0.6) is 5.75 Å². The summed E-state index contributed by atoms with van der Waals surface area (Å²) in [6.07, 6.45) is 3.17. The third kappa shape index (κ3) is 3.31. The molecule has 8 nitrogen and oxygen atoms in total. The normalized spacial score (nSPS) is 17.8. The Morgan fingerprint density at radius 2 is 2.00 bits per heavy atom. The predicted molar refractivity (Wildman–Crippen MR) is 133 cm³/mol. The van der Waals surface area contributed by atoms with Crippen LogP contribution in [0.3, 0.4) is 0 Å². The summed E-state index contributed by atoms with van der Waals surface area (Å²) in [7, 11) is 2.07. The van der Waals surface area contributed by atoms with Gasteiger partial charge >= 0.3 is 5.97 Å². The number of aromatic carboxylic acids is 1. The Kier molecular flexibility index (Phi) is 5.64. The summed E-state index contributed by atoms with van der Waals surface area (Å²) in [6.45, 7) is 8.49. The number of nitrogens with zero attached hydrogens (tertiary/aromatic N) is 3. The van der Waals surface area contributed by atoms with E-state index in [0.29, 0.717) is 23.7 Å². The van der Waals surface area contributed by atoms with Crippen molar-refractivity contribution in [2.24, 2.45) is 7.05 Å². The molecule has 1 fully saturated rings. The van der Waals surface area contributed by atoms with Gasteiger partial charge in [-0.2, -0.15) is 0 Å². The Morgan fingerprint density at radius 1 is 1.24 bits per heavy atom. The lowest BCUT2D eigenvalue weighted by atomic mass is 10.00. The molecule has 8 heteroatoms. The SMILES string of the molecule is CCN(CC)C1CCN(c2cccc3c4c(n(C)c23)CCCc2c-4[nH]c(=O)c(C(=O)O)c2O)C1. The second kappa shape index (κ2) is 8.51. The number of carboxylic acids is 1. The number of likely N-dealkylation sites (N-methyl/N-ethyl adjacent to an activating group) is 1. The molecule has 1 aliphatic heterocycles. The zero-order chi connectivity index (χ0) is 24.1. The van der Waals surface area contributed by atoms with Gasteiger partial charge in [-0.15, -0.1) is 0 Å². The number of aromatic nitrogens is 2. The van der Waals surface area contributed by atoms with E-state index in [1.807, 2.05) is 0 Å². The van der Waals surface area contributed by atoms with Crippen LogP contribution >= 0.6 is 0 Å². The smallest absolute Gasteiger partial charge is 0.345 e. The average Bonchev–Trinajstić information content (AvgIpc) is 3.33. The summed E-state index contributed by atoms with van der Waals surface area (Å²) in [4.78, 5) is 32.0. The van der Waals surface area contributed by atoms with Crippen molar-refractivity contribution < 1.29 is 15.0 Å². The molecule has 3 N–H and O–H groups in total. The molecule has 3 heterocycles. The molecule has 0 saturated carbocycles. The molecule has 1 saturated heterocycles. The topological polar surface area (TPSA) is 102 Å². The first-order chi connectivity index (χ1) is 16.4. The Morgan fingerprint density at radius 3 is 2.71 bits per heavy atom. The van der Waals surface area contributed by atoms with Crippen LogP contribution in [0, 0.1) is 0 Å². The molecule has 2 aromatic heterocycles. The number of para-hydroxylation sites is 1. The van der Waals surface area contributed by atoms with E-state index in [1.54, 1.807) is 0 Å². The predicted octanol–water partition coefficient (Wildman–Crippen LogP) is 3.35. The maximum Gasteiger partial charge on any atom is 0.345 e. The Hall–Kier alpha value is -3.26. The van der Waals surface area contributed by atoms with Gasteiger partial charge in [-0.25, -0.2) is 4.79 Å². The molecule has 1 atom stereocenters. The van der Waals surface area contributed by atoms with E-state index < -0.39 is 22.8 Å². The number of rotatable bonds is 5. The fourth-order valence-electron chi connectivity index (χ4n) is 6.09. The third-order valence-corrected chi connectivity index (χ3v) is 7.74. The summed E-state index contributed by atoms with van der Waals surface area (Å²) in [5.41, 5.74) is 3.99. The number of anilines is 1. The maximum absolute atomic E-state index is 12.6. The largest absolute Gasteiger partial charge is 0.506 e. The molecule has 1 unspecified atom stereocenters. The highest BCUT2D eigenvalue weighted by Gasteiger charge is 2.31. The highest BCUT2D eigenvalue weighted by atomic mass is 16.4. The minimum atomic E-state index is -1.41. The monoisotopic (exact) mass is 464 g/mol. The zero-order valence-electron chi connectivity index (χ0n) is 20.0. The van der Waals surface area contributed by atoms with Crippen LogP contribution < -0.4 is 10.5 Å². The third-order valence-electron chi connectivity index (χ3n) is 7.74. The minimum Gasteiger partial charge on any atom is -0.506 e. The number of H-pyrrole nitrogens is 1. The van der Waals surface area contributed by atoms with E-state index in [2.05, 4.69) is 58.4 Å². The van der Waals surface area contributed by atoms with E-state index in [-0.39, 0.29) is 0 Å². The van der Waals surface area contributed by atoms with E-state index in [1.165, 1.54) is 5.69 Å². The molecule has 0 spiro atoms. The fraction of sp³-hybridized carbons (Fsp3) is 0.462. The van der Waals surface area contributed by atoms with Gasteiger partial charge in [-0.3, -0.25) is 9.69 Å². The lowest BCUT2D eigenvalue weighted by Gasteiger charge is -2.27. The summed E-state index contributed by atoms with van der Waals surface area (Å²) in [5, 5.41) is 21.2. The van der Waals surface area contributed by atoms with Crippen LogP contribution in [-0.4, -0.2) is 62.9 Å². The number of benzene rings is 1. The van der Waals surface area contributed by atoms with Crippen LogP contribution in [0.4, 0.5) is 5.69 Å². The van der Waals surface area contributed by atoms with Crippen LogP contribution in [0.15, 0.2) is 23.0 Å². The van der Waals surface area contributed by atoms with E-state index in [9.17, 15) is 19.8 Å². The van der Waals surface area contributed by atoms with Crippen molar-refractivity contribution in [3.05, 3.63) is 45.4 Å². The lowest BCUT2D eigenvalue weighted by molar-refractivity contribution is 0.0691. The highest BCUT2D eigenvalue weighted by Crippen LogP contribution is 2.44. The van der Waals surface area contributed by atoms with E-state index >= 15 is 0 Å². The molecule has 0 amide bonds. The van der Waals surface area contributed by atoms with Gasteiger partial charge in [-0.1, -0.05) is 26.0 Å². The van der Waals surface area contributed by atoms with Crippen LogP contribution in [0.2, 0.25) is 0 Å². The molecule has 3 aromatic rings. The quantitative estimate of drug-likeness (QED) is 0.535. The molecule has 180 valence electrons. The number of carboxylic acid groups (broad SMARTS) is 1. The van der Waals surface area contributed by atoms with Crippen molar-refractivity contribution in [2.45, 2.75) is 45.6 Å². The second-order valence-corrected chi connectivity index (χ2v) is 9.35. The number of nitrogens with one attached hydrogen (secondary N) is 1. The van der Waals surface area contributed by atoms with Gasteiger partial charge < -0.3 is 24.7 Å². The Bertz CT molecular complexity index is 1340. The molecule has 2 aliphatic rings. The number of fused-ring (bicyclic) bond motifs is 5. The zero-order valence-corrected chi connectivity index (χ0v) is 20.0. The number of aromatic hydroxyl groups is 1. The van der Waals surface area contributed by atoms with Crippen molar-refractivity contribution in [2.75, 3.05) is 31.1 Å². The van der Waals surface area contributed by atoms with Gasteiger partial charge in [0, 0.05) is 48.4 Å². The van der Waals surface area contributed by atoms with Crippen molar-refractivity contribution in [1.82, 2.24) is 14.5 Å². The first kappa shape index (κ1) is 22.5. The molecule has 0 radical (unpaired) electrons. The number of pyridine rings is 1. The molecular formula is C26H32N4O4. The van der Waals surface area contributed by atoms with Crippen molar-refractivity contribution in [3.63, 3.8) is 0 Å². The van der Waals surface area contributed by atoms with Gasteiger partial charge in [0.25, 0.3) is 5.56 Å². The number of hydrogen-bond donors (Lipinski definition) is 3. The second-order valence-electron chi connectivity index (χ2n) is 9.35. The Balaban J connectivity index is 1.69. The van der Waals surface area contributed by atoms with E-state index in [0.717, 1.165) is 67.6 Å². The summed E-state index contributed by atoms with van der Waals surface area (Å²) >= 11 is 0. The maximum atomic E-state index is 12.6. The van der Waals surface area contributed by atoms with Crippen LogP contribution in [0.25, 0.3) is 22.2 Å². The summed E-state index contributed by atoms with van der Waals surface area (Å²) in [6, 6.07) is 6.81. The molecule has 34 heavy (non-hydrogen) atoms. The lowest BCUT2D eigenvalue weighted by Crippen LogP contribution is -2.37. The number of aromatic amines is 1. The molecule has 1 aromatic carbocycles. The standard InChI is InChI=1S/C26H32N4O4/c1-4-29(5-2)15-12-13-30(14-15)19-11-6-8-16-20-18(28(3)23(16)19)10-7-9-17-22(20)27-25(32)21(24(17)31)26(33)34/h6,8,11,15H,4-5,7,9-10,12-14H2,1-3H3,(H,33,34)(H2,27,31,32). The average molecular weight is 465 g/mol. The summed E-state index contributed by atoms with van der Waals surface area (Å²) in [5.74, 6) is -1.82. The van der Waals surface area contributed by atoms with Gasteiger partial charge in [0.2, 0.25) is 0 Å². The number of aryl methyl sites for hydroxylation is 1. The van der Waals surface area contributed by atoms with E-state index in [4.69, 9.17) is 0 Å². The highest BCUT2D eigenvalue weighted by molar-refractivity contribution is 6.05. The van der Waals surface area contributed by atoms with Gasteiger partial charge in [0.15, 0.2) is 5.56 Å². The summed E-state index contributed by atoms with van der Waals surface area (Å²) < 4.78 is 2.22. The van der Waals surface area contributed by atoms with Crippen LogP contribution in [0.1, 0.15) is 48.3 Å². The van der Waals surface area contributed by atoms with Crippen LogP contribution in [-0.2, 0) is 19.9 Å². The van der Waals surface area contributed by atoms with Crippen molar-refractivity contribution in [1.29, 1.82) is 0 Å². The molecule has 0 bridgehead atoms.